The van der Waals surface area contributed by atoms with Crippen LogP contribution in [0.15, 0.2) is 0 Å². The summed E-state index contributed by atoms with van der Waals surface area (Å²) < 4.78 is 5.71. The second-order valence-electron chi connectivity index (χ2n) is 10.9. The zero-order valence-electron chi connectivity index (χ0n) is 19.4. The number of fused-ring (bicyclic) bond motifs is 5. The molecule has 4 aliphatic rings. The van der Waals surface area contributed by atoms with Crippen LogP contribution >= 0.6 is 11.6 Å². The van der Waals surface area contributed by atoms with Crippen molar-refractivity contribution in [3.05, 3.63) is 0 Å². The number of hydrogen-bond donors (Lipinski definition) is 2. The summed E-state index contributed by atoms with van der Waals surface area (Å²) in [4.78, 5) is 61.9. The first-order valence-corrected chi connectivity index (χ1v) is 11.9. The maximum atomic E-state index is 13.3. The largest absolute Gasteiger partial charge is 0.450 e. The smallest absolute Gasteiger partial charge is 0.303 e. The molecule has 9 heteroatoms. The van der Waals surface area contributed by atoms with Crippen molar-refractivity contribution in [3.8, 4) is 0 Å². The highest BCUT2D eigenvalue weighted by molar-refractivity contribution is 6.45. The first-order chi connectivity index (χ1) is 15.2. The summed E-state index contributed by atoms with van der Waals surface area (Å²) in [5.41, 5.74) is -4.11. The summed E-state index contributed by atoms with van der Waals surface area (Å²) in [6, 6.07) is 0. The van der Waals surface area contributed by atoms with E-state index in [9.17, 15) is 34.2 Å². The van der Waals surface area contributed by atoms with Gasteiger partial charge in [0.2, 0.25) is 17.3 Å². The van der Waals surface area contributed by atoms with Crippen LogP contribution in [0.1, 0.15) is 59.8 Å². The van der Waals surface area contributed by atoms with Crippen molar-refractivity contribution in [2.45, 2.75) is 76.4 Å². The maximum absolute atomic E-state index is 13.3. The highest BCUT2D eigenvalue weighted by Crippen LogP contribution is 2.72. The van der Waals surface area contributed by atoms with Gasteiger partial charge in [-0.05, 0) is 37.5 Å². The van der Waals surface area contributed by atoms with Crippen molar-refractivity contribution in [2.24, 2.45) is 34.5 Å². The van der Waals surface area contributed by atoms with Gasteiger partial charge in [-0.15, -0.1) is 11.6 Å². The Kier molecular flexibility index (Phi) is 5.51. The van der Waals surface area contributed by atoms with E-state index in [1.54, 1.807) is 20.8 Å². The normalized spacial score (nSPS) is 49.2. The molecule has 0 aromatic rings. The van der Waals surface area contributed by atoms with Crippen LogP contribution in [-0.2, 0) is 28.7 Å². The fourth-order valence-electron chi connectivity index (χ4n) is 8.31. The molecule has 0 bridgehead atoms. The molecule has 2 N–H and O–H groups in total. The van der Waals surface area contributed by atoms with E-state index < -0.39 is 87.3 Å². The van der Waals surface area contributed by atoms with Gasteiger partial charge in [0.05, 0.1) is 22.8 Å². The third-order valence-electron chi connectivity index (χ3n) is 9.71. The first-order valence-electron chi connectivity index (χ1n) is 11.5. The molecule has 4 fully saturated rings. The average Bonchev–Trinajstić information content (AvgIpc) is 2.94. The Hall–Kier alpha value is -1.64. The molecule has 0 aromatic carbocycles. The summed E-state index contributed by atoms with van der Waals surface area (Å²) in [5.74, 6) is -5.19. The fraction of sp³-hybridized carbons (Fsp3) is 0.792. The van der Waals surface area contributed by atoms with Gasteiger partial charge in [-0.1, -0.05) is 20.8 Å². The van der Waals surface area contributed by atoms with Gasteiger partial charge in [0, 0.05) is 24.2 Å². The van der Waals surface area contributed by atoms with Crippen molar-refractivity contribution in [2.75, 3.05) is 6.61 Å². The Bertz CT molecular complexity index is 962. The average molecular weight is 483 g/mol. The highest BCUT2D eigenvalue weighted by Gasteiger charge is 2.78. The van der Waals surface area contributed by atoms with Gasteiger partial charge < -0.3 is 14.9 Å². The Morgan fingerprint density at radius 3 is 2.36 bits per heavy atom. The molecule has 0 amide bonds. The van der Waals surface area contributed by atoms with Crippen molar-refractivity contribution < 1.29 is 38.9 Å². The van der Waals surface area contributed by atoms with Gasteiger partial charge in [0.1, 0.15) is 12.4 Å². The summed E-state index contributed by atoms with van der Waals surface area (Å²) >= 11 is 7.26. The molecule has 0 radical (unpaired) electrons. The van der Waals surface area contributed by atoms with Gasteiger partial charge in [-0.2, -0.15) is 0 Å². The number of aliphatic hydroxyl groups is 2. The number of ketones is 4. The third-order valence-corrected chi connectivity index (χ3v) is 10.6. The number of carbonyl (C=O) groups excluding carboxylic acids is 5. The third kappa shape index (κ3) is 2.69. The second kappa shape index (κ2) is 7.43. The quantitative estimate of drug-likeness (QED) is 0.267. The predicted octanol–water partition coefficient (Wildman–Crippen LogP) is 1.40. The first kappa shape index (κ1) is 24.5. The van der Waals surface area contributed by atoms with Crippen molar-refractivity contribution in [1.82, 2.24) is 0 Å². The van der Waals surface area contributed by atoms with Crippen LogP contribution in [0.2, 0.25) is 0 Å². The molecule has 0 spiro atoms. The molecule has 3 unspecified atom stereocenters. The molecule has 0 heterocycles. The molecule has 0 saturated heterocycles. The van der Waals surface area contributed by atoms with E-state index in [1.807, 2.05) is 0 Å². The minimum absolute atomic E-state index is 0.0568. The number of rotatable bonds is 3. The lowest BCUT2D eigenvalue weighted by Gasteiger charge is -2.65. The number of halogens is 1. The standard InChI is InChI=1S/C24H31ClO8/c1-11-7-15-13-5-6-14-20(32)16(28)8-17(29)22(14,4)23(13,25)18(30)9-21(15,3)24(11,19(31)10-26)33-12(2)27/h11,13-15,18,26,30H,5-10H2,1-4H3/t11?,13-,14?,15-,18?,21-,22+,23-,24-/m0/s1. The van der Waals surface area contributed by atoms with Crippen molar-refractivity contribution >= 4 is 40.7 Å². The van der Waals surface area contributed by atoms with Crippen LogP contribution in [0.25, 0.3) is 0 Å². The second-order valence-corrected chi connectivity index (χ2v) is 11.5. The molecule has 4 rings (SSSR count). The molecular weight excluding hydrogens is 452 g/mol. The van der Waals surface area contributed by atoms with E-state index >= 15 is 0 Å². The summed E-state index contributed by atoms with van der Waals surface area (Å²) in [7, 11) is 0. The van der Waals surface area contributed by atoms with Gasteiger partial charge in [-0.3, -0.25) is 24.0 Å². The Morgan fingerprint density at radius 1 is 1.15 bits per heavy atom. The van der Waals surface area contributed by atoms with E-state index in [4.69, 9.17) is 16.3 Å². The van der Waals surface area contributed by atoms with E-state index in [0.717, 1.165) is 0 Å². The van der Waals surface area contributed by atoms with Crippen LogP contribution in [0, 0.1) is 34.5 Å². The SMILES string of the molecule is CC(=O)O[C@]1(C(=O)CO)C(C)C[C@H]2[C@@H]3CCC4C(=O)C(=O)CC(=O)[C@]4(C)[C@@]3(Cl)C(O)C[C@@]21C. The molecule has 4 aliphatic carbocycles. The van der Waals surface area contributed by atoms with Crippen LogP contribution in [0.4, 0.5) is 0 Å². The molecule has 33 heavy (non-hydrogen) atoms. The lowest BCUT2D eigenvalue weighted by atomic mass is 9.42. The minimum Gasteiger partial charge on any atom is -0.450 e. The zero-order chi connectivity index (χ0) is 24.7. The van der Waals surface area contributed by atoms with Gasteiger partial charge in [0.25, 0.3) is 0 Å². The lowest BCUT2D eigenvalue weighted by Crippen LogP contribution is -2.74. The Balaban J connectivity index is 1.87. The van der Waals surface area contributed by atoms with E-state index in [0.29, 0.717) is 12.8 Å². The van der Waals surface area contributed by atoms with E-state index in [2.05, 4.69) is 0 Å². The Morgan fingerprint density at radius 2 is 1.79 bits per heavy atom. The van der Waals surface area contributed by atoms with Crippen LogP contribution < -0.4 is 0 Å². The topological polar surface area (TPSA) is 135 Å². The number of hydrogen-bond acceptors (Lipinski definition) is 8. The number of alkyl halides is 1. The van der Waals surface area contributed by atoms with Crippen LogP contribution in [0.3, 0.4) is 0 Å². The van der Waals surface area contributed by atoms with Crippen LogP contribution in [-0.4, -0.2) is 62.5 Å². The lowest BCUT2D eigenvalue weighted by molar-refractivity contribution is -0.208. The monoisotopic (exact) mass is 482 g/mol. The van der Waals surface area contributed by atoms with Gasteiger partial charge >= 0.3 is 5.97 Å². The molecular formula is C24H31ClO8. The van der Waals surface area contributed by atoms with Gasteiger partial charge in [-0.25, -0.2) is 0 Å². The summed E-state index contributed by atoms with van der Waals surface area (Å²) in [6.07, 6.45) is -0.812. The zero-order valence-corrected chi connectivity index (χ0v) is 20.1. The van der Waals surface area contributed by atoms with Gasteiger partial charge in [0.15, 0.2) is 5.60 Å². The predicted molar refractivity (Wildman–Crippen MR) is 115 cm³/mol. The number of ether oxygens (including phenoxy) is 1. The van der Waals surface area contributed by atoms with E-state index in [1.165, 1.54) is 6.92 Å². The summed E-state index contributed by atoms with van der Waals surface area (Å²) in [6.45, 7) is 5.54. The number of carbonyl (C=O) groups is 5. The number of aliphatic hydroxyl groups excluding tert-OH is 2. The van der Waals surface area contributed by atoms with Crippen molar-refractivity contribution in [1.29, 1.82) is 0 Å². The van der Waals surface area contributed by atoms with Crippen LogP contribution in [0.5, 0.6) is 0 Å². The molecule has 0 aromatic heterocycles. The molecule has 182 valence electrons. The summed E-state index contributed by atoms with van der Waals surface area (Å²) in [5, 5.41) is 21.3. The van der Waals surface area contributed by atoms with E-state index in [-0.39, 0.29) is 18.8 Å². The molecule has 9 atom stereocenters. The molecule has 4 saturated carbocycles. The molecule has 8 nitrogen and oxygen atoms in total. The number of esters is 1. The Labute approximate surface area is 197 Å². The minimum atomic E-state index is -1.64. The molecule has 0 aliphatic heterocycles. The highest BCUT2D eigenvalue weighted by atomic mass is 35.5. The maximum Gasteiger partial charge on any atom is 0.303 e. The number of Topliss-reactive ketones (excluding diaryl/α,β-unsaturated/α-hetero) is 4. The fourth-order valence-corrected chi connectivity index (χ4v) is 8.89. The van der Waals surface area contributed by atoms with Crippen molar-refractivity contribution in [3.63, 3.8) is 0 Å².